The van der Waals surface area contributed by atoms with Crippen molar-refractivity contribution in [3.8, 4) is 17.0 Å². The lowest BCUT2D eigenvalue weighted by Gasteiger charge is -2.10. The standard InChI is InChI=1S/C14H16N2O3/c1-9-10(2)13(19-3)5-4-11(9)12-6-16(8-15-12)7-14(17)18/h4-6,8H,7H2,1-3H3,(H,17,18). The number of ether oxygens (including phenoxy) is 1. The molecule has 0 fully saturated rings. The van der Waals surface area contributed by atoms with Crippen LogP contribution in [0.25, 0.3) is 11.3 Å². The predicted molar refractivity (Wildman–Crippen MR) is 71.3 cm³/mol. The van der Waals surface area contributed by atoms with Gasteiger partial charge >= 0.3 is 5.97 Å². The van der Waals surface area contributed by atoms with Crippen LogP contribution in [0.3, 0.4) is 0 Å². The fourth-order valence-corrected chi connectivity index (χ4v) is 2.04. The van der Waals surface area contributed by atoms with E-state index in [1.165, 1.54) is 6.33 Å². The highest BCUT2D eigenvalue weighted by atomic mass is 16.5. The Labute approximate surface area is 111 Å². The van der Waals surface area contributed by atoms with E-state index in [1.807, 2.05) is 26.0 Å². The Morgan fingerprint density at radius 3 is 2.74 bits per heavy atom. The molecule has 1 aromatic heterocycles. The third kappa shape index (κ3) is 2.59. The van der Waals surface area contributed by atoms with Crippen LogP contribution in [0.1, 0.15) is 11.1 Å². The quantitative estimate of drug-likeness (QED) is 0.915. The van der Waals surface area contributed by atoms with Gasteiger partial charge in [0.25, 0.3) is 0 Å². The van der Waals surface area contributed by atoms with Crippen molar-refractivity contribution in [2.45, 2.75) is 20.4 Å². The van der Waals surface area contributed by atoms with Crippen molar-refractivity contribution in [2.75, 3.05) is 7.11 Å². The largest absolute Gasteiger partial charge is 0.496 e. The summed E-state index contributed by atoms with van der Waals surface area (Å²) in [5.41, 5.74) is 3.90. The maximum absolute atomic E-state index is 10.7. The Morgan fingerprint density at radius 2 is 2.11 bits per heavy atom. The van der Waals surface area contributed by atoms with Crippen LogP contribution in [-0.2, 0) is 11.3 Å². The number of hydrogen-bond acceptors (Lipinski definition) is 3. The number of carboxylic acid groups (broad SMARTS) is 1. The zero-order valence-corrected chi connectivity index (χ0v) is 11.2. The summed E-state index contributed by atoms with van der Waals surface area (Å²) in [6.45, 7) is 3.91. The van der Waals surface area contributed by atoms with Gasteiger partial charge in [-0.25, -0.2) is 4.98 Å². The van der Waals surface area contributed by atoms with Crippen LogP contribution in [0.5, 0.6) is 5.75 Å². The van der Waals surface area contributed by atoms with Gasteiger partial charge in [0.05, 0.1) is 19.1 Å². The van der Waals surface area contributed by atoms with Gasteiger partial charge in [-0.3, -0.25) is 4.79 Å². The van der Waals surface area contributed by atoms with Crippen molar-refractivity contribution in [1.82, 2.24) is 9.55 Å². The first-order chi connectivity index (χ1) is 9.02. The van der Waals surface area contributed by atoms with E-state index in [9.17, 15) is 4.79 Å². The first-order valence-corrected chi connectivity index (χ1v) is 5.91. The fraction of sp³-hybridized carbons (Fsp3) is 0.286. The van der Waals surface area contributed by atoms with Crippen LogP contribution >= 0.6 is 0 Å². The van der Waals surface area contributed by atoms with Gasteiger partial charge < -0.3 is 14.4 Å². The topological polar surface area (TPSA) is 64.3 Å². The summed E-state index contributed by atoms with van der Waals surface area (Å²) in [5, 5.41) is 8.75. The second-order valence-corrected chi connectivity index (χ2v) is 4.39. The second kappa shape index (κ2) is 5.14. The Kier molecular flexibility index (Phi) is 3.55. The van der Waals surface area contributed by atoms with E-state index < -0.39 is 5.97 Å². The van der Waals surface area contributed by atoms with Gasteiger partial charge in [-0.1, -0.05) is 0 Å². The Morgan fingerprint density at radius 1 is 1.37 bits per heavy atom. The van der Waals surface area contributed by atoms with Gasteiger partial charge in [0.2, 0.25) is 0 Å². The molecule has 0 unspecified atom stereocenters. The van der Waals surface area contributed by atoms with E-state index in [1.54, 1.807) is 17.9 Å². The highest BCUT2D eigenvalue weighted by Gasteiger charge is 2.11. The van der Waals surface area contributed by atoms with Crippen molar-refractivity contribution in [3.05, 3.63) is 35.8 Å². The number of rotatable bonds is 4. The van der Waals surface area contributed by atoms with Crippen LogP contribution in [0, 0.1) is 13.8 Å². The number of aliphatic carboxylic acids is 1. The third-order valence-electron chi connectivity index (χ3n) is 3.18. The highest BCUT2D eigenvalue weighted by Crippen LogP contribution is 2.29. The molecule has 0 aliphatic heterocycles. The normalized spacial score (nSPS) is 10.5. The lowest BCUT2D eigenvalue weighted by molar-refractivity contribution is -0.137. The summed E-state index contributed by atoms with van der Waals surface area (Å²) < 4.78 is 6.82. The van der Waals surface area contributed by atoms with Crippen LogP contribution < -0.4 is 4.74 Å². The first-order valence-electron chi connectivity index (χ1n) is 5.91. The van der Waals surface area contributed by atoms with Gasteiger partial charge in [0.15, 0.2) is 0 Å². The maximum Gasteiger partial charge on any atom is 0.323 e. The molecule has 0 radical (unpaired) electrons. The number of carboxylic acids is 1. The number of hydrogen-bond donors (Lipinski definition) is 1. The van der Waals surface area contributed by atoms with Gasteiger partial charge in [-0.2, -0.15) is 0 Å². The van der Waals surface area contributed by atoms with E-state index in [0.717, 1.165) is 28.1 Å². The van der Waals surface area contributed by atoms with Gasteiger partial charge in [0.1, 0.15) is 12.3 Å². The molecule has 0 aliphatic carbocycles. The zero-order chi connectivity index (χ0) is 14.0. The third-order valence-corrected chi connectivity index (χ3v) is 3.18. The molecule has 0 spiro atoms. The van der Waals surface area contributed by atoms with Gasteiger partial charge in [-0.15, -0.1) is 0 Å². The van der Waals surface area contributed by atoms with E-state index >= 15 is 0 Å². The van der Waals surface area contributed by atoms with Gasteiger partial charge in [0, 0.05) is 11.8 Å². The average Bonchev–Trinajstić information content (AvgIpc) is 2.80. The molecule has 5 heteroatoms. The lowest BCUT2D eigenvalue weighted by atomic mass is 10.0. The lowest BCUT2D eigenvalue weighted by Crippen LogP contribution is -2.06. The Balaban J connectivity index is 2.39. The highest BCUT2D eigenvalue weighted by molar-refractivity contribution is 5.68. The van der Waals surface area contributed by atoms with Gasteiger partial charge in [-0.05, 0) is 37.1 Å². The molecule has 0 saturated heterocycles. The molecule has 0 bridgehead atoms. The minimum atomic E-state index is -0.883. The van der Waals surface area contributed by atoms with Crippen LogP contribution in [0.2, 0.25) is 0 Å². The molecule has 5 nitrogen and oxygen atoms in total. The molecule has 1 N–H and O–H groups in total. The summed E-state index contributed by atoms with van der Waals surface area (Å²) in [6, 6.07) is 3.84. The monoisotopic (exact) mass is 260 g/mol. The fourth-order valence-electron chi connectivity index (χ4n) is 2.04. The van der Waals surface area contributed by atoms with Crippen LogP contribution in [0.4, 0.5) is 0 Å². The van der Waals surface area contributed by atoms with E-state index in [-0.39, 0.29) is 6.54 Å². The van der Waals surface area contributed by atoms with E-state index in [0.29, 0.717) is 0 Å². The molecule has 1 aromatic carbocycles. The molecule has 0 amide bonds. The number of methoxy groups -OCH3 is 1. The molecule has 1 heterocycles. The summed E-state index contributed by atoms with van der Waals surface area (Å²) in [6.07, 6.45) is 3.27. The predicted octanol–water partition coefficient (Wildman–Crippen LogP) is 2.26. The van der Waals surface area contributed by atoms with E-state index in [2.05, 4.69) is 4.98 Å². The smallest absolute Gasteiger partial charge is 0.323 e. The van der Waals surface area contributed by atoms with E-state index in [4.69, 9.17) is 9.84 Å². The number of nitrogens with zero attached hydrogens (tertiary/aromatic N) is 2. The van der Waals surface area contributed by atoms with Crippen LogP contribution in [-0.4, -0.2) is 27.7 Å². The number of imidazole rings is 1. The molecule has 19 heavy (non-hydrogen) atoms. The zero-order valence-electron chi connectivity index (χ0n) is 11.2. The Hall–Kier alpha value is -2.30. The summed E-state index contributed by atoms with van der Waals surface area (Å²) >= 11 is 0. The molecular formula is C14H16N2O3. The molecule has 100 valence electrons. The summed E-state index contributed by atoms with van der Waals surface area (Å²) in [4.78, 5) is 14.9. The van der Waals surface area contributed by atoms with Crippen molar-refractivity contribution in [1.29, 1.82) is 0 Å². The SMILES string of the molecule is COc1ccc(-c2cn(CC(=O)O)cn2)c(C)c1C. The molecule has 0 saturated carbocycles. The number of benzene rings is 1. The maximum atomic E-state index is 10.7. The Bertz CT molecular complexity index is 617. The van der Waals surface area contributed by atoms with Crippen molar-refractivity contribution in [2.24, 2.45) is 0 Å². The first kappa shape index (κ1) is 13.1. The minimum Gasteiger partial charge on any atom is -0.496 e. The second-order valence-electron chi connectivity index (χ2n) is 4.39. The minimum absolute atomic E-state index is 0.0822. The molecule has 2 aromatic rings. The van der Waals surface area contributed by atoms with Crippen molar-refractivity contribution >= 4 is 5.97 Å². The summed E-state index contributed by atoms with van der Waals surface area (Å²) in [7, 11) is 1.64. The van der Waals surface area contributed by atoms with Crippen LogP contribution in [0.15, 0.2) is 24.7 Å². The molecular weight excluding hydrogens is 244 g/mol. The number of carbonyl (C=O) groups is 1. The number of aromatic nitrogens is 2. The average molecular weight is 260 g/mol. The molecule has 0 aliphatic rings. The summed E-state index contributed by atoms with van der Waals surface area (Å²) in [5.74, 6) is -0.0437. The molecule has 0 atom stereocenters. The van der Waals surface area contributed by atoms with Crippen molar-refractivity contribution in [3.63, 3.8) is 0 Å². The molecule has 2 rings (SSSR count). The van der Waals surface area contributed by atoms with Crippen molar-refractivity contribution < 1.29 is 14.6 Å².